The van der Waals surface area contributed by atoms with Gasteiger partial charge in [0.05, 0.1) is 16.2 Å². The Morgan fingerprint density at radius 3 is 2.00 bits per heavy atom. The third-order valence-corrected chi connectivity index (χ3v) is 12.8. The highest BCUT2D eigenvalue weighted by molar-refractivity contribution is 6.99. The van der Waals surface area contributed by atoms with Gasteiger partial charge in [-0.25, -0.2) is 0 Å². The van der Waals surface area contributed by atoms with Crippen LogP contribution in [0, 0.1) is 10.1 Å². The van der Waals surface area contributed by atoms with Gasteiger partial charge >= 0.3 is 0 Å². The van der Waals surface area contributed by atoms with Crippen LogP contribution < -0.4 is 21.0 Å². The third-order valence-electron chi connectivity index (χ3n) is 7.80. The number of non-ortho nitro benzene ring substituents is 1. The number of nitro benzene ring substituents is 1. The van der Waals surface area contributed by atoms with Gasteiger partial charge in [-0.1, -0.05) is 81.4 Å². The van der Waals surface area contributed by atoms with Gasteiger partial charge in [0.25, 0.3) is 19.9 Å². The Morgan fingerprint density at radius 2 is 1.52 bits per heavy atom. The molecule has 9 heteroatoms. The Bertz CT molecular complexity index is 1280. The van der Waals surface area contributed by atoms with Crippen LogP contribution in [0.2, 0.25) is 5.04 Å². The van der Waals surface area contributed by atoms with Crippen LogP contribution in [0.25, 0.3) is 0 Å². The van der Waals surface area contributed by atoms with Crippen LogP contribution in [0.15, 0.2) is 72.8 Å². The van der Waals surface area contributed by atoms with Crippen molar-refractivity contribution in [2.24, 2.45) is 5.73 Å². The van der Waals surface area contributed by atoms with Crippen molar-refractivity contribution < 1.29 is 14.1 Å². The Balaban J connectivity index is 1.67. The second kappa shape index (κ2) is 12.3. The van der Waals surface area contributed by atoms with E-state index >= 15 is 0 Å². The average Bonchev–Trinajstić information content (AvgIpc) is 2.93. The summed E-state index contributed by atoms with van der Waals surface area (Å²) in [7, 11) is -0.636. The maximum Gasteiger partial charge on any atom is 0.270 e. The zero-order valence-electron chi connectivity index (χ0n) is 23.9. The standard InChI is InChI=1S/C31H40N4O4Si/c1-31(2,3)40(26-13-7-5-8-14-26,27-15-9-6-10-16-27)39-21-11-12-24-22-25(35(37)38)23-28(30(32)36)29(24)34-19-17-33(4)18-20-34/h5-10,13-16,22-23H,11-12,17-21H2,1-4H3,(H2,32,36). The van der Waals surface area contributed by atoms with E-state index in [0.29, 0.717) is 19.4 Å². The largest absolute Gasteiger partial charge is 0.407 e. The molecule has 212 valence electrons. The fraction of sp³-hybridized carbons (Fsp3) is 0.387. The number of hydrogen-bond donors (Lipinski definition) is 1. The molecule has 0 bridgehead atoms. The van der Waals surface area contributed by atoms with Crippen LogP contribution in [0.1, 0.15) is 43.1 Å². The average molecular weight is 561 g/mol. The maximum absolute atomic E-state index is 12.5. The summed E-state index contributed by atoms with van der Waals surface area (Å²) in [6.45, 7) is 10.3. The van der Waals surface area contributed by atoms with Gasteiger partial charge in [0.15, 0.2) is 0 Å². The highest BCUT2D eigenvalue weighted by Crippen LogP contribution is 2.37. The molecule has 1 heterocycles. The Hall–Kier alpha value is -3.53. The molecule has 1 fully saturated rings. The predicted molar refractivity (Wildman–Crippen MR) is 163 cm³/mol. The number of benzene rings is 3. The first kappa shape index (κ1) is 29.4. The second-order valence-electron chi connectivity index (χ2n) is 11.5. The minimum atomic E-state index is -2.70. The van der Waals surface area contributed by atoms with Crippen molar-refractivity contribution in [2.45, 2.75) is 38.7 Å². The molecule has 0 aromatic heterocycles. The summed E-state index contributed by atoms with van der Waals surface area (Å²) in [4.78, 5) is 28.2. The molecule has 0 spiro atoms. The lowest BCUT2D eigenvalue weighted by Crippen LogP contribution is -2.66. The minimum absolute atomic E-state index is 0.116. The minimum Gasteiger partial charge on any atom is -0.407 e. The van der Waals surface area contributed by atoms with Gasteiger partial charge in [-0.15, -0.1) is 0 Å². The number of nitrogens with zero attached hydrogens (tertiary/aromatic N) is 3. The molecule has 0 unspecified atom stereocenters. The van der Waals surface area contributed by atoms with Crippen molar-refractivity contribution in [3.8, 4) is 0 Å². The molecule has 1 aliphatic rings. The molecule has 0 aliphatic carbocycles. The van der Waals surface area contributed by atoms with E-state index < -0.39 is 19.1 Å². The molecular weight excluding hydrogens is 520 g/mol. The van der Waals surface area contributed by atoms with Crippen molar-refractivity contribution in [2.75, 3.05) is 44.7 Å². The van der Waals surface area contributed by atoms with Crippen molar-refractivity contribution in [3.63, 3.8) is 0 Å². The summed E-state index contributed by atoms with van der Waals surface area (Å²) in [6.07, 6.45) is 1.17. The summed E-state index contributed by atoms with van der Waals surface area (Å²) in [6, 6.07) is 23.9. The van der Waals surface area contributed by atoms with E-state index in [0.717, 1.165) is 37.4 Å². The van der Waals surface area contributed by atoms with E-state index in [1.165, 1.54) is 16.4 Å². The lowest BCUT2D eigenvalue weighted by atomic mass is 9.99. The van der Waals surface area contributed by atoms with Gasteiger partial charge in [0.2, 0.25) is 0 Å². The number of carbonyl (C=O) groups excluding carboxylic acids is 1. The van der Waals surface area contributed by atoms with E-state index in [2.05, 4.69) is 86.1 Å². The number of nitrogens with two attached hydrogens (primary N) is 1. The first-order chi connectivity index (χ1) is 19.0. The van der Waals surface area contributed by atoms with Crippen LogP contribution in [0.3, 0.4) is 0 Å². The number of piperazine rings is 1. The van der Waals surface area contributed by atoms with Crippen LogP contribution >= 0.6 is 0 Å². The van der Waals surface area contributed by atoms with Gasteiger partial charge in [-0.2, -0.15) is 0 Å². The van der Waals surface area contributed by atoms with Gasteiger partial charge < -0.3 is 20.0 Å². The number of hydrogen-bond acceptors (Lipinski definition) is 6. The second-order valence-corrected chi connectivity index (χ2v) is 15.8. The molecule has 8 nitrogen and oxygen atoms in total. The number of carbonyl (C=O) groups is 1. The van der Waals surface area contributed by atoms with Gasteiger partial charge in [0, 0.05) is 44.9 Å². The fourth-order valence-corrected chi connectivity index (χ4v) is 10.4. The Kier molecular flexibility index (Phi) is 9.07. The summed E-state index contributed by atoms with van der Waals surface area (Å²) in [5.74, 6) is -0.651. The van der Waals surface area contributed by atoms with Gasteiger partial charge in [-0.3, -0.25) is 14.9 Å². The first-order valence-corrected chi connectivity index (χ1v) is 15.7. The molecule has 1 aliphatic heterocycles. The van der Waals surface area contributed by atoms with E-state index in [9.17, 15) is 14.9 Å². The smallest absolute Gasteiger partial charge is 0.270 e. The van der Waals surface area contributed by atoms with Gasteiger partial charge in [-0.05, 0) is 40.9 Å². The van der Waals surface area contributed by atoms with Crippen LogP contribution in [-0.4, -0.2) is 63.9 Å². The lowest BCUT2D eigenvalue weighted by molar-refractivity contribution is -0.384. The quantitative estimate of drug-likeness (QED) is 0.174. The fourth-order valence-electron chi connectivity index (χ4n) is 5.81. The molecule has 0 radical (unpaired) electrons. The SMILES string of the molecule is CN1CCN(c2c(CCCO[Si](c3ccccc3)(c3ccccc3)C(C)(C)C)cc([N+](=O)[O-])cc2C(N)=O)CC1. The number of amides is 1. The topological polar surface area (TPSA) is 102 Å². The van der Waals surface area contributed by atoms with Crippen molar-refractivity contribution in [1.82, 2.24) is 4.90 Å². The number of primary amides is 1. The summed E-state index contributed by atoms with van der Waals surface area (Å²) >= 11 is 0. The normalized spacial score (nSPS) is 14.8. The summed E-state index contributed by atoms with van der Waals surface area (Å²) in [5.41, 5.74) is 7.33. The van der Waals surface area contributed by atoms with Gasteiger partial charge in [0.1, 0.15) is 0 Å². The van der Waals surface area contributed by atoms with Crippen LogP contribution in [0.5, 0.6) is 0 Å². The number of anilines is 1. The highest BCUT2D eigenvalue weighted by Gasteiger charge is 2.50. The third kappa shape index (κ3) is 6.11. The zero-order chi connectivity index (χ0) is 28.9. The van der Waals surface area contributed by atoms with Crippen LogP contribution in [0.4, 0.5) is 11.4 Å². The molecule has 4 rings (SSSR count). The molecule has 0 atom stereocenters. The number of aryl methyl sites for hydroxylation is 1. The molecule has 0 saturated carbocycles. The highest BCUT2D eigenvalue weighted by atomic mass is 28.4. The van der Waals surface area contributed by atoms with Crippen molar-refractivity contribution in [3.05, 3.63) is 94.0 Å². The molecular formula is C31H40N4O4Si. The number of rotatable bonds is 10. The molecule has 40 heavy (non-hydrogen) atoms. The number of likely N-dealkylation sites (N-methyl/N-ethyl adjacent to an activating group) is 1. The lowest BCUT2D eigenvalue weighted by Gasteiger charge is -2.43. The van der Waals surface area contributed by atoms with E-state index in [1.54, 1.807) is 6.07 Å². The van der Waals surface area contributed by atoms with Crippen LogP contribution in [-0.2, 0) is 10.8 Å². The zero-order valence-corrected chi connectivity index (χ0v) is 24.9. The predicted octanol–water partition coefficient (Wildman–Crippen LogP) is 3.95. The maximum atomic E-state index is 12.5. The molecule has 2 N–H and O–H groups in total. The van der Waals surface area contributed by atoms with E-state index in [-0.39, 0.29) is 16.3 Å². The summed E-state index contributed by atoms with van der Waals surface area (Å²) < 4.78 is 7.04. The monoisotopic (exact) mass is 560 g/mol. The Morgan fingerprint density at radius 1 is 0.975 bits per heavy atom. The summed E-state index contributed by atoms with van der Waals surface area (Å²) in [5, 5.41) is 14.0. The molecule has 1 amide bonds. The first-order valence-electron chi connectivity index (χ1n) is 13.8. The number of nitro groups is 1. The molecule has 3 aromatic carbocycles. The van der Waals surface area contributed by atoms with Crippen molar-refractivity contribution >= 4 is 36.0 Å². The van der Waals surface area contributed by atoms with Crippen molar-refractivity contribution in [1.29, 1.82) is 0 Å². The molecule has 1 saturated heterocycles. The molecule has 3 aromatic rings. The van der Waals surface area contributed by atoms with E-state index in [4.69, 9.17) is 10.2 Å². The van der Waals surface area contributed by atoms with E-state index in [1.807, 2.05) is 12.1 Å². The Labute approximate surface area is 238 Å².